The molecule has 136 valence electrons. The van der Waals surface area contributed by atoms with Crippen LogP contribution >= 0.6 is 0 Å². The summed E-state index contributed by atoms with van der Waals surface area (Å²) in [5, 5.41) is 5.27. The third kappa shape index (κ3) is 4.07. The average molecular weight is 351 g/mol. The van der Waals surface area contributed by atoms with E-state index in [0.29, 0.717) is 5.56 Å². The number of benzene rings is 1. The molecule has 1 aromatic rings. The number of rotatable bonds is 6. The number of imide groups is 1. The van der Waals surface area contributed by atoms with Crippen LogP contribution < -0.4 is 15.4 Å². The van der Waals surface area contributed by atoms with Gasteiger partial charge in [-0.2, -0.15) is 0 Å². The minimum Gasteiger partial charge on any atom is -0.494 e. The Hall–Kier alpha value is -2.64. The molecular formula is C17H22FN3O4. The topological polar surface area (TPSA) is 87.7 Å². The second-order valence-corrected chi connectivity index (χ2v) is 6.45. The maximum Gasteiger partial charge on any atom is 0.325 e. The molecule has 1 fully saturated rings. The second kappa shape index (κ2) is 7.08. The number of hydrogen-bond acceptors (Lipinski definition) is 4. The van der Waals surface area contributed by atoms with Gasteiger partial charge in [0.25, 0.3) is 5.91 Å². The normalized spacial score (nSPS) is 17.2. The Morgan fingerprint density at radius 1 is 1.40 bits per heavy atom. The third-order valence-electron chi connectivity index (χ3n) is 4.06. The molecule has 0 bridgehead atoms. The van der Waals surface area contributed by atoms with Gasteiger partial charge in [-0.3, -0.25) is 14.5 Å². The number of halogens is 1. The number of amides is 4. The number of hydrogen-bond donors (Lipinski definition) is 2. The Bertz CT molecular complexity index is 705. The van der Waals surface area contributed by atoms with Crippen LogP contribution in [0, 0.1) is 5.82 Å². The Morgan fingerprint density at radius 3 is 2.60 bits per heavy atom. The zero-order valence-corrected chi connectivity index (χ0v) is 14.7. The van der Waals surface area contributed by atoms with E-state index < -0.39 is 23.4 Å². The van der Waals surface area contributed by atoms with Gasteiger partial charge in [-0.1, -0.05) is 6.07 Å². The van der Waals surface area contributed by atoms with Crippen LogP contribution in [0.5, 0.6) is 5.75 Å². The number of methoxy groups -OCH3 is 1. The lowest BCUT2D eigenvalue weighted by molar-refractivity contribution is -0.130. The molecule has 1 aliphatic heterocycles. The summed E-state index contributed by atoms with van der Waals surface area (Å²) < 4.78 is 18.6. The van der Waals surface area contributed by atoms with Crippen LogP contribution in [0.15, 0.2) is 18.2 Å². The SMILES string of the molecule is COc1ccc([C@@H](C)NC(=O)CCN2C(=O)NC(C)(C)C2=O)cc1F. The maximum atomic E-state index is 13.7. The third-order valence-corrected chi connectivity index (χ3v) is 4.06. The summed E-state index contributed by atoms with van der Waals surface area (Å²) >= 11 is 0. The molecule has 0 spiro atoms. The van der Waals surface area contributed by atoms with Crippen LogP contribution in [0.1, 0.15) is 38.8 Å². The zero-order valence-electron chi connectivity index (χ0n) is 14.7. The Kier molecular flexibility index (Phi) is 5.30. The molecule has 25 heavy (non-hydrogen) atoms. The van der Waals surface area contributed by atoms with Crippen molar-refractivity contribution >= 4 is 17.8 Å². The van der Waals surface area contributed by atoms with Crippen molar-refractivity contribution in [1.82, 2.24) is 15.5 Å². The van der Waals surface area contributed by atoms with Gasteiger partial charge in [-0.15, -0.1) is 0 Å². The lowest BCUT2D eigenvalue weighted by Gasteiger charge is -2.18. The van der Waals surface area contributed by atoms with Gasteiger partial charge in [-0.05, 0) is 38.5 Å². The van der Waals surface area contributed by atoms with Crippen LogP contribution in [-0.2, 0) is 9.59 Å². The minimum atomic E-state index is -0.957. The first-order valence-corrected chi connectivity index (χ1v) is 7.92. The van der Waals surface area contributed by atoms with Crippen molar-refractivity contribution in [1.29, 1.82) is 0 Å². The molecule has 0 aliphatic carbocycles. The standard InChI is InChI=1S/C17H22FN3O4/c1-10(11-5-6-13(25-4)12(18)9-11)19-14(22)7-8-21-15(23)17(2,3)20-16(21)24/h5-6,9-10H,7-8H2,1-4H3,(H,19,22)(H,20,24)/t10-/m1/s1. The van der Waals surface area contributed by atoms with Crippen molar-refractivity contribution in [3.63, 3.8) is 0 Å². The number of carbonyl (C=O) groups is 3. The maximum absolute atomic E-state index is 13.7. The molecule has 1 aromatic carbocycles. The zero-order chi connectivity index (χ0) is 18.8. The fraction of sp³-hybridized carbons (Fsp3) is 0.471. The fourth-order valence-electron chi connectivity index (χ4n) is 2.58. The van der Waals surface area contributed by atoms with E-state index in [-0.39, 0.29) is 30.5 Å². The highest BCUT2D eigenvalue weighted by molar-refractivity contribution is 6.06. The first-order chi connectivity index (χ1) is 11.7. The average Bonchev–Trinajstić information content (AvgIpc) is 2.73. The van der Waals surface area contributed by atoms with Gasteiger partial charge < -0.3 is 15.4 Å². The van der Waals surface area contributed by atoms with Crippen LogP contribution in [0.4, 0.5) is 9.18 Å². The molecule has 1 saturated heterocycles. The van der Waals surface area contributed by atoms with Crippen molar-refractivity contribution in [2.24, 2.45) is 0 Å². The molecule has 0 radical (unpaired) electrons. The van der Waals surface area contributed by atoms with Crippen LogP contribution in [0.2, 0.25) is 0 Å². The van der Waals surface area contributed by atoms with E-state index in [1.54, 1.807) is 26.8 Å². The number of nitrogens with zero attached hydrogens (tertiary/aromatic N) is 1. The van der Waals surface area contributed by atoms with E-state index in [2.05, 4.69) is 10.6 Å². The lowest BCUT2D eigenvalue weighted by atomic mass is 10.1. The van der Waals surface area contributed by atoms with E-state index in [9.17, 15) is 18.8 Å². The molecule has 8 heteroatoms. The molecule has 1 atom stereocenters. The van der Waals surface area contributed by atoms with Gasteiger partial charge in [0.2, 0.25) is 5.91 Å². The highest BCUT2D eigenvalue weighted by Gasteiger charge is 2.44. The van der Waals surface area contributed by atoms with Gasteiger partial charge in [-0.25, -0.2) is 9.18 Å². The van der Waals surface area contributed by atoms with Crippen LogP contribution in [-0.4, -0.2) is 41.9 Å². The van der Waals surface area contributed by atoms with Crippen molar-refractivity contribution < 1.29 is 23.5 Å². The highest BCUT2D eigenvalue weighted by Crippen LogP contribution is 2.22. The monoisotopic (exact) mass is 351 g/mol. The van der Waals surface area contributed by atoms with Crippen molar-refractivity contribution in [3.05, 3.63) is 29.6 Å². The van der Waals surface area contributed by atoms with E-state index in [4.69, 9.17) is 4.74 Å². The summed E-state index contributed by atoms with van der Waals surface area (Å²) in [6.45, 7) is 4.92. The number of nitrogens with one attached hydrogen (secondary N) is 2. The van der Waals surface area contributed by atoms with Gasteiger partial charge in [0.05, 0.1) is 13.2 Å². The first kappa shape index (κ1) is 18.7. The molecule has 1 aliphatic rings. The lowest BCUT2D eigenvalue weighted by Crippen LogP contribution is -2.40. The Labute approximate surface area is 145 Å². The van der Waals surface area contributed by atoms with Crippen molar-refractivity contribution in [2.45, 2.75) is 38.8 Å². The quantitative estimate of drug-likeness (QED) is 0.764. The molecule has 4 amide bonds. The second-order valence-electron chi connectivity index (χ2n) is 6.45. The smallest absolute Gasteiger partial charge is 0.325 e. The molecule has 0 unspecified atom stereocenters. The van der Waals surface area contributed by atoms with Gasteiger partial charge >= 0.3 is 6.03 Å². The molecular weight excluding hydrogens is 329 g/mol. The summed E-state index contributed by atoms with van der Waals surface area (Å²) in [5.41, 5.74) is -0.371. The predicted octanol–water partition coefficient (Wildman–Crippen LogP) is 1.73. The van der Waals surface area contributed by atoms with E-state index in [1.165, 1.54) is 19.2 Å². The number of urea groups is 1. The summed E-state index contributed by atoms with van der Waals surface area (Å²) in [7, 11) is 1.38. The summed E-state index contributed by atoms with van der Waals surface area (Å²) in [6, 6.07) is 3.51. The largest absolute Gasteiger partial charge is 0.494 e. The first-order valence-electron chi connectivity index (χ1n) is 7.92. The predicted molar refractivity (Wildman–Crippen MR) is 88.5 cm³/mol. The highest BCUT2D eigenvalue weighted by atomic mass is 19.1. The van der Waals surface area contributed by atoms with Crippen molar-refractivity contribution in [2.75, 3.05) is 13.7 Å². The van der Waals surface area contributed by atoms with E-state index in [1.807, 2.05) is 0 Å². The van der Waals surface area contributed by atoms with Crippen LogP contribution in [0.3, 0.4) is 0 Å². The summed E-state index contributed by atoms with van der Waals surface area (Å²) in [4.78, 5) is 36.9. The van der Waals surface area contributed by atoms with Crippen molar-refractivity contribution in [3.8, 4) is 5.75 Å². The van der Waals surface area contributed by atoms with E-state index in [0.717, 1.165) is 4.90 Å². The Balaban J connectivity index is 1.91. The molecule has 7 nitrogen and oxygen atoms in total. The fourth-order valence-corrected chi connectivity index (χ4v) is 2.58. The van der Waals surface area contributed by atoms with Gasteiger partial charge in [0.15, 0.2) is 11.6 Å². The molecule has 2 N–H and O–H groups in total. The molecule has 0 aromatic heterocycles. The van der Waals surface area contributed by atoms with Gasteiger partial charge in [0, 0.05) is 13.0 Å². The Morgan fingerprint density at radius 2 is 2.08 bits per heavy atom. The summed E-state index contributed by atoms with van der Waals surface area (Å²) in [5.74, 6) is -1.09. The molecule has 2 rings (SSSR count). The minimum absolute atomic E-state index is 0.0103. The van der Waals surface area contributed by atoms with Crippen LogP contribution in [0.25, 0.3) is 0 Å². The molecule has 1 heterocycles. The number of ether oxygens (including phenoxy) is 1. The van der Waals surface area contributed by atoms with Gasteiger partial charge in [0.1, 0.15) is 5.54 Å². The van der Waals surface area contributed by atoms with E-state index >= 15 is 0 Å². The molecule has 0 saturated carbocycles. The number of carbonyl (C=O) groups excluding carboxylic acids is 3. The summed E-state index contributed by atoms with van der Waals surface area (Å²) in [6.07, 6.45) is -0.0295.